The molecule has 2 heterocycles. The Morgan fingerprint density at radius 2 is 2.18 bits per heavy atom. The Bertz CT molecular complexity index is 541. The van der Waals surface area contributed by atoms with Crippen molar-refractivity contribution in [3.63, 3.8) is 0 Å². The Labute approximate surface area is 102 Å². The number of alkyl halides is 3. The number of aromatic nitrogens is 4. The van der Waals surface area contributed by atoms with Gasteiger partial charge in [-0.15, -0.1) is 5.10 Å². The molecule has 0 fully saturated rings. The molecule has 0 bridgehead atoms. The van der Waals surface area contributed by atoms with Crippen LogP contribution in [-0.2, 0) is 0 Å². The van der Waals surface area contributed by atoms with Gasteiger partial charge in [0.25, 0.3) is 5.88 Å². The van der Waals surface area contributed by atoms with Gasteiger partial charge >= 0.3 is 6.18 Å². The van der Waals surface area contributed by atoms with Gasteiger partial charge in [-0.25, -0.2) is 9.50 Å². The van der Waals surface area contributed by atoms with E-state index in [0.717, 1.165) is 6.92 Å². The molecule has 2 rings (SSSR count). The van der Waals surface area contributed by atoms with Gasteiger partial charge < -0.3 is 4.74 Å². The molecule has 0 N–H and O–H groups in total. The molecule has 17 heavy (non-hydrogen) atoms. The summed E-state index contributed by atoms with van der Waals surface area (Å²) in [7, 11) is 0. The summed E-state index contributed by atoms with van der Waals surface area (Å²) in [6.07, 6.45) is -3.67. The van der Waals surface area contributed by atoms with Crippen molar-refractivity contribution in [3.8, 4) is 5.88 Å². The highest BCUT2D eigenvalue weighted by Crippen LogP contribution is 2.25. The number of fused-ring (bicyclic) bond motifs is 1. The molecule has 5 nitrogen and oxygen atoms in total. The quantitative estimate of drug-likeness (QED) is 0.853. The van der Waals surface area contributed by atoms with Gasteiger partial charge in [0.2, 0.25) is 10.4 Å². The summed E-state index contributed by atoms with van der Waals surface area (Å²) < 4.78 is 43.2. The van der Waals surface area contributed by atoms with E-state index in [1.807, 2.05) is 0 Å². The summed E-state index contributed by atoms with van der Waals surface area (Å²) in [5.74, 6) is -0.212. The lowest BCUT2D eigenvalue weighted by Gasteiger charge is -2.16. The first-order valence-electron chi connectivity index (χ1n) is 4.48. The highest BCUT2D eigenvalue weighted by molar-refractivity contribution is 9.10. The number of halogens is 4. The SMILES string of the molecule is CC(Oc1nccn2nc(Br)nc12)C(F)(F)F. The first-order valence-corrected chi connectivity index (χ1v) is 5.27. The predicted octanol–water partition coefficient (Wildman–Crippen LogP) is 2.22. The second kappa shape index (κ2) is 4.13. The van der Waals surface area contributed by atoms with E-state index >= 15 is 0 Å². The molecule has 0 amide bonds. The molecule has 0 aromatic carbocycles. The van der Waals surface area contributed by atoms with E-state index in [1.165, 1.54) is 16.9 Å². The van der Waals surface area contributed by atoms with E-state index < -0.39 is 12.3 Å². The maximum absolute atomic E-state index is 12.3. The van der Waals surface area contributed by atoms with Gasteiger partial charge in [0, 0.05) is 12.4 Å². The zero-order chi connectivity index (χ0) is 12.6. The first kappa shape index (κ1) is 12.1. The molecule has 0 radical (unpaired) electrons. The largest absolute Gasteiger partial charge is 0.462 e. The van der Waals surface area contributed by atoms with Crippen LogP contribution in [0.3, 0.4) is 0 Å². The Morgan fingerprint density at radius 1 is 1.47 bits per heavy atom. The fraction of sp³-hybridized carbons (Fsp3) is 0.375. The minimum Gasteiger partial charge on any atom is -0.462 e. The molecule has 2 aromatic rings. The van der Waals surface area contributed by atoms with Crippen LogP contribution in [0.5, 0.6) is 5.88 Å². The molecule has 0 saturated carbocycles. The highest BCUT2D eigenvalue weighted by atomic mass is 79.9. The fourth-order valence-electron chi connectivity index (χ4n) is 1.09. The molecule has 1 unspecified atom stereocenters. The monoisotopic (exact) mass is 310 g/mol. The summed E-state index contributed by atoms with van der Waals surface area (Å²) in [6, 6.07) is 0. The summed E-state index contributed by atoms with van der Waals surface area (Å²) >= 11 is 3.02. The molecule has 9 heteroatoms. The predicted molar refractivity (Wildman–Crippen MR) is 54.6 cm³/mol. The van der Waals surface area contributed by atoms with Crippen LogP contribution in [-0.4, -0.2) is 31.9 Å². The number of nitrogens with zero attached hydrogens (tertiary/aromatic N) is 4. The lowest BCUT2D eigenvalue weighted by molar-refractivity contribution is -0.189. The molecule has 0 aliphatic carbocycles. The molecule has 1 atom stereocenters. The Kier molecular flexibility index (Phi) is 2.94. The van der Waals surface area contributed by atoms with E-state index in [4.69, 9.17) is 4.74 Å². The minimum absolute atomic E-state index is 0.121. The molecular formula is C8H6BrF3N4O. The maximum Gasteiger partial charge on any atom is 0.425 e. The number of hydrogen-bond acceptors (Lipinski definition) is 4. The van der Waals surface area contributed by atoms with Crippen LogP contribution in [0, 0.1) is 0 Å². The standard InChI is InChI=1S/C8H6BrF3N4O/c1-4(8(10,11)12)17-6-5-14-7(9)15-16(5)3-2-13-6/h2-4H,1H3. The third kappa shape index (κ3) is 2.48. The second-order valence-corrected chi connectivity index (χ2v) is 3.89. The third-order valence-corrected chi connectivity index (χ3v) is 2.28. The van der Waals surface area contributed by atoms with Crippen molar-refractivity contribution in [2.24, 2.45) is 0 Å². The van der Waals surface area contributed by atoms with Crippen LogP contribution in [0.25, 0.3) is 5.65 Å². The maximum atomic E-state index is 12.3. The third-order valence-electron chi connectivity index (χ3n) is 1.95. The van der Waals surface area contributed by atoms with Crippen molar-refractivity contribution in [2.75, 3.05) is 0 Å². The lowest BCUT2D eigenvalue weighted by Crippen LogP contribution is -2.31. The van der Waals surface area contributed by atoms with Gasteiger partial charge in [0.1, 0.15) is 0 Å². The fourth-order valence-corrected chi connectivity index (χ4v) is 1.43. The van der Waals surface area contributed by atoms with Crippen molar-refractivity contribution in [1.29, 1.82) is 0 Å². The highest BCUT2D eigenvalue weighted by Gasteiger charge is 2.38. The van der Waals surface area contributed by atoms with Crippen molar-refractivity contribution in [2.45, 2.75) is 19.2 Å². The molecule has 0 aliphatic heterocycles. The van der Waals surface area contributed by atoms with Crippen LogP contribution in [0.2, 0.25) is 0 Å². The van der Waals surface area contributed by atoms with Gasteiger partial charge in [0.05, 0.1) is 0 Å². The van der Waals surface area contributed by atoms with Crippen LogP contribution >= 0.6 is 15.9 Å². The topological polar surface area (TPSA) is 52.3 Å². The Morgan fingerprint density at radius 3 is 2.82 bits per heavy atom. The minimum atomic E-state index is -4.45. The smallest absolute Gasteiger partial charge is 0.425 e. The summed E-state index contributed by atoms with van der Waals surface area (Å²) in [5.41, 5.74) is 0.121. The molecule has 0 saturated heterocycles. The second-order valence-electron chi connectivity index (χ2n) is 3.18. The van der Waals surface area contributed by atoms with Crippen LogP contribution in [0.15, 0.2) is 17.1 Å². The van der Waals surface area contributed by atoms with E-state index in [0.29, 0.717) is 0 Å². The molecule has 2 aromatic heterocycles. The van der Waals surface area contributed by atoms with E-state index in [1.54, 1.807) is 0 Å². The zero-order valence-electron chi connectivity index (χ0n) is 8.44. The van der Waals surface area contributed by atoms with Crippen LogP contribution in [0.4, 0.5) is 13.2 Å². The number of hydrogen-bond donors (Lipinski definition) is 0. The van der Waals surface area contributed by atoms with E-state index in [-0.39, 0.29) is 16.3 Å². The summed E-state index contributed by atoms with van der Waals surface area (Å²) in [5, 5.41) is 3.86. The normalized spacial score (nSPS) is 13.9. The Balaban J connectivity index is 2.36. The molecule has 92 valence electrons. The average Bonchev–Trinajstić information content (AvgIpc) is 2.58. The molecule has 0 aliphatic rings. The van der Waals surface area contributed by atoms with Gasteiger partial charge in [-0.1, -0.05) is 0 Å². The van der Waals surface area contributed by atoms with Crippen molar-refractivity contribution < 1.29 is 17.9 Å². The number of ether oxygens (including phenoxy) is 1. The van der Waals surface area contributed by atoms with Crippen molar-refractivity contribution >= 4 is 21.6 Å². The van der Waals surface area contributed by atoms with Crippen molar-refractivity contribution in [3.05, 3.63) is 17.1 Å². The average molecular weight is 311 g/mol. The van der Waals surface area contributed by atoms with Crippen LogP contribution in [0.1, 0.15) is 6.92 Å². The van der Waals surface area contributed by atoms with Gasteiger partial charge in [-0.05, 0) is 22.9 Å². The summed E-state index contributed by atoms with van der Waals surface area (Å²) in [6.45, 7) is 0.899. The molecule has 0 spiro atoms. The Hall–Kier alpha value is -1.38. The van der Waals surface area contributed by atoms with Gasteiger partial charge in [0.15, 0.2) is 6.10 Å². The zero-order valence-corrected chi connectivity index (χ0v) is 10.0. The van der Waals surface area contributed by atoms with E-state index in [9.17, 15) is 13.2 Å². The molecular weight excluding hydrogens is 305 g/mol. The van der Waals surface area contributed by atoms with E-state index in [2.05, 4.69) is 31.0 Å². The summed E-state index contributed by atoms with van der Waals surface area (Å²) in [4.78, 5) is 7.57. The first-order chi connectivity index (χ1) is 7.88. The lowest BCUT2D eigenvalue weighted by atomic mass is 10.4. The van der Waals surface area contributed by atoms with Crippen molar-refractivity contribution in [1.82, 2.24) is 19.6 Å². The van der Waals surface area contributed by atoms with Gasteiger partial charge in [-0.2, -0.15) is 18.2 Å². The van der Waals surface area contributed by atoms with Crippen LogP contribution < -0.4 is 4.74 Å². The number of rotatable bonds is 2. The van der Waals surface area contributed by atoms with Gasteiger partial charge in [-0.3, -0.25) is 0 Å².